The van der Waals surface area contributed by atoms with E-state index in [1.807, 2.05) is 0 Å². The Morgan fingerprint density at radius 3 is 2.80 bits per heavy atom. The van der Waals surface area contributed by atoms with E-state index in [0.717, 1.165) is 6.20 Å². The highest BCUT2D eigenvalue weighted by Crippen LogP contribution is 2.31. The Balaban J connectivity index is 1.86. The van der Waals surface area contributed by atoms with E-state index in [1.54, 1.807) is 0 Å². The summed E-state index contributed by atoms with van der Waals surface area (Å²) in [5.74, 6) is -0.444. The zero-order valence-electron chi connectivity index (χ0n) is 12.8. The minimum absolute atomic E-state index is 0.0414. The Hall–Kier alpha value is -3.10. The minimum atomic E-state index is -4.57. The van der Waals surface area contributed by atoms with Gasteiger partial charge >= 0.3 is 12.1 Å². The average Bonchev–Trinajstić information content (AvgIpc) is 3.02. The molecule has 0 radical (unpaired) electrons. The third-order valence-corrected chi connectivity index (χ3v) is 3.37. The Morgan fingerprint density at radius 2 is 2.08 bits per heavy atom. The summed E-state index contributed by atoms with van der Waals surface area (Å²) in [6.45, 7) is -0.340. The van der Waals surface area contributed by atoms with E-state index in [4.69, 9.17) is 9.26 Å². The van der Waals surface area contributed by atoms with E-state index in [1.165, 1.54) is 37.4 Å². The van der Waals surface area contributed by atoms with Gasteiger partial charge in [0.05, 0.1) is 12.5 Å². The number of halogens is 3. The highest BCUT2D eigenvalue weighted by Gasteiger charge is 2.35. The lowest BCUT2D eigenvalue weighted by molar-refractivity contribution is -0.142. The number of benzene rings is 1. The molecule has 3 aromatic rings. The number of ether oxygens (including phenoxy) is 2. The quantitative estimate of drug-likeness (QED) is 0.668. The molecular formula is C16H11F3N2O4. The first kappa shape index (κ1) is 16.7. The smallest absolute Gasteiger partial charge is 0.433 e. The predicted octanol–water partition coefficient (Wildman–Crippen LogP) is 3.61. The van der Waals surface area contributed by atoms with Crippen molar-refractivity contribution in [3.8, 4) is 5.75 Å². The molecule has 9 heteroatoms. The second-order valence-electron chi connectivity index (χ2n) is 4.98. The number of hydrogen-bond acceptors (Lipinski definition) is 6. The molecule has 0 N–H and O–H groups in total. The van der Waals surface area contributed by atoms with Crippen LogP contribution < -0.4 is 4.74 Å². The van der Waals surface area contributed by atoms with Crippen LogP contribution in [0.1, 0.15) is 21.7 Å². The Kier molecular flexibility index (Phi) is 4.30. The van der Waals surface area contributed by atoms with E-state index < -0.39 is 17.8 Å². The molecule has 6 nitrogen and oxygen atoms in total. The maximum Gasteiger partial charge on any atom is 0.433 e. The van der Waals surface area contributed by atoms with Gasteiger partial charge in [0, 0.05) is 11.8 Å². The van der Waals surface area contributed by atoms with Gasteiger partial charge < -0.3 is 14.0 Å². The molecule has 2 heterocycles. The van der Waals surface area contributed by atoms with Gasteiger partial charge in [0.15, 0.2) is 17.0 Å². The zero-order chi connectivity index (χ0) is 18.0. The second-order valence-corrected chi connectivity index (χ2v) is 4.98. The highest BCUT2D eigenvalue weighted by atomic mass is 19.4. The summed E-state index contributed by atoms with van der Waals surface area (Å²) in [5, 5.41) is 3.95. The first-order valence-corrected chi connectivity index (χ1v) is 7.02. The van der Waals surface area contributed by atoms with Gasteiger partial charge in [0.1, 0.15) is 12.4 Å². The van der Waals surface area contributed by atoms with Gasteiger partial charge in [-0.2, -0.15) is 13.2 Å². The standard InChI is InChI=1S/C16H11F3N2O4/c1-23-15(22)13-11-7-10(4-5-12(11)25-21-13)24-8-9-3-2-6-20-14(9)16(17,18)19/h2-7H,8H2,1H3. The van der Waals surface area contributed by atoms with Crippen molar-refractivity contribution in [2.45, 2.75) is 12.8 Å². The summed E-state index contributed by atoms with van der Waals surface area (Å²) in [5.41, 5.74) is -0.824. The van der Waals surface area contributed by atoms with Crippen LogP contribution in [0.5, 0.6) is 5.75 Å². The number of rotatable bonds is 4. The molecule has 0 aliphatic heterocycles. The molecule has 0 saturated carbocycles. The highest BCUT2D eigenvalue weighted by molar-refractivity contribution is 6.01. The van der Waals surface area contributed by atoms with Crippen molar-refractivity contribution in [2.75, 3.05) is 7.11 Å². The van der Waals surface area contributed by atoms with E-state index in [2.05, 4.69) is 14.9 Å². The van der Waals surface area contributed by atoms with Crippen LogP contribution in [-0.2, 0) is 17.5 Å². The van der Waals surface area contributed by atoms with Crippen LogP contribution in [0.15, 0.2) is 41.1 Å². The van der Waals surface area contributed by atoms with Crippen molar-refractivity contribution in [1.82, 2.24) is 10.1 Å². The van der Waals surface area contributed by atoms with Crippen LogP contribution >= 0.6 is 0 Å². The van der Waals surface area contributed by atoms with Crippen LogP contribution in [-0.4, -0.2) is 23.2 Å². The summed E-state index contributed by atoms with van der Waals surface area (Å²) >= 11 is 0. The molecule has 1 aromatic carbocycles. The summed E-state index contributed by atoms with van der Waals surface area (Å²) in [6.07, 6.45) is -3.51. The van der Waals surface area contributed by atoms with Gasteiger partial charge in [-0.15, -0.1) is 0 Å². The zero-order valence-corrected chi connectivity index (χ0v) is 12.8. The molecule has 0 saturated heterocycles. The Bertz CT molecular complexity index is 921. The van der Waals surface area contributed by atoms with Crippen molar-refractivity contribution in [3.63, 3.8) is 0 Å². The number of aromatic nitrogens is 2. The predicted molar refractivity (Wildman–Crippen MR) is 78.9 cm³/mol. The molecule has 0 atom stereocenters. The average molecular weight is 352 g/mol. The van der Waals surface area contributed by atoms with Gasteiger partial charge in [-0.25, -0.2) is 4.79 Å². The molecule has 3 rings (SSSR count). The van der Waals surface area contributed by atoms with Crippen molar-refractivity contribution in [3.05, 3.63) is 53.5 Å². The van der Waals surface area contributed by atoms with Crippen LogP contribution in [0.3, 0.4) is 0 Å². The van der Waals surface area contributed by atoms with E-state index in [-0.39, 0.29) is 23.6 Å². The Labute approximate surface area is 139 Å². The monoisotopic (exact) mass is 352 g/mol. The number of methoxy groups -OCH3 is 1. The molecule has 0 amide bonds. The number of pyridine rings is 1. The van der Waals surface area contributed by atoms with Gasteiger partial charge in [0.2, 0.25) is 0 Å². The molecule has 0 aliphatic carbocycles. The van der Waals surface area contributed by atoms with Crippen molar-refractivity contribution in [2.24, 2.45) is 0 Å². The number of carbonyl (C=O) groups excluding carboxylic acids is 1. The molecule has 0 bridgehead atoms. The number of alkyl halides is 3. The van der Waals surface area contributed by atoms with Crippen molar-refractivity contribution in [1.29, 1.82) is 0 Å². The van der Waals surface area contributed by atoms with Gasteiger partial charge in [-0.1, -0.05) is 11.2 Å². The van der Waals surface area contributed by atoms with Crippen molar-refractivity contribution >= 4 is 16.9 Å². The first-order chi connectivity index (χ1) is 11.9. The molecule has 130 valence electrons. The SMILES string of the molecule is COC(=O)c1noc2ccc(OCc3cccnc3C(F)(F)F)cc12. The fourth-order valence-electron chi connectivity index (χ4n) is 2.22. The van der Waals surface area contributed by atoms with E-state index in [0.29, 0.717) is 11.0 Å². The number of esters is 1. The molecular weight excluding hydrogens is 341 g/mol. The Morgan fingerprint density at radius 1 is 1.28 bits per heavy atom. The lowest BCUT2D eigenvalue weighted by Gasteiger charge is -2.12. The molecule has 0 spiro atoms. The molecule has 25 heavy (non-hydrogen) atoms. The molecule has 2 aromatic heterocycles. The third kappa shape index (κ3) is 3.39. The third-order valence-electron chi connectivity index (χ3n) is 3.37. The summed E-state index contributed by atoms with van der Waals surface area (Å²) in [6, 6.07) is 7.12. The lowest BCUT2D eigenvalue weighted by atomic mass is 10.2. The van der Waals surface area contributed by atoms with Crippen LogP contribution in [0.25, 0.3) is 11.0 Å². The largest absolute Gasteiger partial charge is 0.489 e. The maximum atomic E-state index is 12.9. The normalized spacial score (nSPS) is 11.5. The summed E-state index contributed by atoms with van der Waals surface area (Å²) in [4.78, 5) is 15.0. The van der Waals surface area contributed by atoms with Gasteiger partial charge in [-0.05, 0) is 24.3 Å². The number of hydrogen-bond donors (Lipinski definition) is 0. The first-order valence-electron chi connectivity index (χ1n) is 7.02. The van der Waals surface area contributed by atoms with Crippen molar-refractivity contribution < 1.29 is 32.0 Å². The molecule has 0 fully saturated rings. The number of carbonyl (C=O) groups is 1. The van der Waals surface area contributed by atoms with Gasteiger partial charge in [0.25, 0.3) is 0 Å². The van der Waals surface area contributed by atoms with Crippen LogP contribution in [0.4, 0.5) is 13.2 Å². The van der Waals surface area contributed by atoms with E-state index in [9.17, 15) is 18.0 Å². The second kappa shape index (κ2) is 6.42. The van der Waals surface area contributed by atoms with Crippen LogP contribution in [0.2, 0.25) is 0 Å². The molecule has 0 aliphatic rings. The number of fused-ring (bicyclic) bond motifs is 1. The fraction of sp³-hybridized carbons (Fsp3) is 0.188. The topological polar surface area (TPSA) is 74.5 Å². The lowest BCUT2D eigenvalue weighted by Crippen LogP contribution is -2.13. The number of nitrogens with zero attached hydrogens (tertiary/aromatic N) is 2. The van der Waals surface area contributed by atoms with E-state index >= 15 is 0 Å². The minimum Gasteiger partial charge on any atom is -0.489 e. The maximum absolute atomic E-state index is 12.9. The summed E-state index contributed by atoms with van der Waals surface area (Å²) < 4.78 is 53.8. The molecule has 0 unspecified atom stereocenters. The van der Waals surface area contributed by atoms with Gasteiger partial charge in [-0.3, -0.25) is 4.98 Å². The summed E-state index contributed by atoms with van der Waals surface area (Å²) in [7, 11) is 1.20. The van der Waals surface area contributed by atoms with Crippen LogP contribution in [0, 0.1) is 0 Å². The fourth-order valence-corrected chi connectivity index (χ4v) is 2.22.